The Bertz CT molecular complexity index is 1050. The molecule has 1 saturated heterocycles. The maximum atomic E-state index is 12.2. The van der Waals surface area contributed by atoms with E-state index in [4.69, 9.17) is 29.7 Å². The summed E-state index contributed by atoms with van der Waals surface area (Å²) in [5.74, 6) is -0.894. The number of hydrogen-bond donors (Lipinski definition) is 2. The number of carbonyl (C=O) groups excluding carboxylic acids is 1. The van der Waals surface area contributed by atoms with Crippen LogP contribution >= 0.6 is 0 Å². The number of nitrogens with zero attached hydrogens (tertiary/aromatic N) is 6. The summed E-state index contributed by atoms with van der Waals surface area (Å²) in [6.45, 7) is 6.30. The van der Waals surface area contributed by atoms with Gasteiger partial charge >= 0.3 is 6.16 Å². The minimum atomic E-state index is -1.50. The molecule has 3 heterocycles. The minimum absolute atomic E-state index is 0.0174. The zero-order valence-corrected chi connectivity index (χ0v) is 23.4. The molecule has 0 amide bonds. The first-order valence-corrected chi connectivity index (χ1v) is 13.3. The normalized spacial score (nSPS) is 20.2. The highest BCUT2D eigenvalue weighted by Gasteiger charge is 2.30. The molecule has 2 N–H and O–H groups in total. The van der Waals surface area contributed by atoms with E-state index in [0.29, 0.717) is 5.82 Å². The molecule has 2 aromatic heterocycles. The Morgan fingerprint density at radius 3 is 2.46 bits per heavy atom. The van der Waals surface area contributed by atoms with Crippen LogP contribution in [0.1, 0.15) is 83.4 Å². The molecule has 39 heavy (non-hydrogen) atoms. The summed E-state index contributed by atoms with van der Waals surface area (Å²) in [4.78, 5) is 22.7. The van der Waals surface area contributed by atoms with Gasteiger partial charge in [-0.15, -0.1) is 0 Å². The van der Waals surface area contributed by atoms with Gasteiger partial charge in [0.15, 0.2) is 11.6 Å². The Balaban J connectivity index is 0.000000686. The highest BCUT2D eigenvalue weighted by Crippen LogP contribution is 2.34. The van der Waals surface area contributed by atoms with Crippen molar-refractivity contribution in [1.29, 1.82) is 5.26 Å². The predicted molar refractivity (Wildman–Crippen MR) is 145 cm³/mol. The zero-order chi connectivity index (χ0) is 28.8. The summed E-state index contributed by atoms with van der Waals surface area (Å²) < 4.78 is 18.9. The number of aliphatic imine (C=N–C) groups is 1. The molecule has 1 aliphatic carbocycles. The van der Waals surface area contributed by atoms with Gasteiger partial charge in [0, 0.05) is 20.7 Å². The van der Waals surface area contributed by atoms with Crippen LogP contribution in [0.2, 0.25) is 0 Å². The van der Waals surface area contributed by atoms with Gasteiger partial charge in [0.1, 0.15) is 30.7 Å². The summed E-state index contributed by atoms with van der Waals surface area (Å²) in [7, 11) is 3.82. The van der Waals surface area contributed by atoms with Crippen molar-refractivity contribution in [3.8, 4) is 6.57 Å². The molecule has 0 aromatic carbocycles. The van der Waals surface area contributed by atoms with Crippen LogP contribution in [0.25, 0.3) is 5.52 Å². The lowest BCUT2D eigenvalue weighted by Crippen LogP contribution is -2.24. The SMILES string of the molecule is C#N.CC(C)(O)O.CN(C)C=Nc1ncnn2c(C3CCC(COC(=O)OC4CCCCCCC4)O3)ccc12. The molecule has 4 rings (SSSR count). The maximum Gasteiger partial charge on any atom is 0.508 e. The number of aliphatic hydroxyl groups is 2. The number of rotatable bonds is 6. The molecule has 12 nitrogen and oxygen atoms in total. The second-order valence-corrected chi connectivity index (χ2v) is 10.3. The summed E-state index contributed by atoms with van der Waals surface area (Å²) in [6, 6.07) is 3.95. The van der Waals surface area contributed by atoms with Crippen LogP contribution in [0.4, 0.5) is 10.6 Å². The fourth-order valence-corrected chi connectivity index (χ4v) is 4.37. The molecule has 1 saturated carbocycles. The first-order valence-electron chi connectivity index (χ1n) is 13.3. The number of hydrogen-bond acceptors (Lipinski definition) is 10. The number of aromatic nitrogens is 3. The van der Waals surface area contributed by atoms with Crippen molar-refractivity contribution in [1.82, 2.24) is 19.5 Å². The van der Waals surface area contributed by atoms with Gasteiger partial charge in [-0.2, -0.15) is 5.10 Å². The van der Waals surface area contributed by atoms with Crippen molar-refractivity contribution in [2.75, 3.05) is 20.7 Å². The molecule has 0 spiro atoms. The van der Waals surface area contributed by atoms with E-state index in [1.807, 2.05) is 35.6 Å². The lowest BCUT2D eigenvalue weighted by atomic mass is 9.99. The van der Waals surface area contributed by atoms with Crippen molar-refractivity contribution in [3.05, 3.63) is 24.2 Å². The number of fused-ring (bicyclic) bond motifs is 1. The monoisotopic (exact) mass is 546 g/mol. The Morgan fingerprint density at radius 1 is 1.18 bits per heavy atom. The number of nitriles is 1. The first kappa shape index (κ1) is 31.9. The molecule has 2 fully saturated rings. The average molecular weight is 547 g/mol. The van der Waals surface area contributed by atoms with Crippen LogP contribution in [0.5, 0.6) is 0 Å². The van der Waals surface area contributed by atoms with Crippen LogP contribution in [0.15, 0.2) is 23.5 Å². The highest BCUT2D eigenvalue weighted by molar-refractivity contribution is 5.70. The Labute approximate surface area is 230 Å². The molecular weight excluding hydrogens is 504 g/mol. The Kier molecular flexibility index (Phi) is 13.1. The lowest BCUT2D eigenvalue weighted by Gasteiger charge is -2.20. The summed E-state index contributed by atoms with van der Waals surface area (Å²) in [5.41, 5.74) is 1.77. The molecule has 2 aliphatic rings. The largest absolute Gasteiger partial charge is 0.508 e. The lowest BCUT2D eigenvalue weighted by molar-refractivity contribution is -0.127. The highest BCUT2D eigenvalue weighted by atomic mass is 16.7. The molecular formula is C27H42N6O6. The molecule has 216 valence electrons. The molecule has 0 bridgehead atoms. The van der Waals surface area contributed by atoms with Gasteiger partial charge in [-0.3, -0.25) is 0 Å². The summed E-state index contributed by atoms with van der Waals surface area (Å²) in [6.07, 6.45) is 11.8. The van der Waals surface area contributed by atoms with Crippen molar-refractivity contribution in [3.63, 3.8) is 0 Å². The number of ether oxygens (including phenoxy) is 3. The molecule has 2 aromatic rings. The fourth-order valence-electron chi connectivity index (χ4n) is 4.37. The molecule has 2 unspecified atom stereocenters. The topological polar surface area (TPSA) is 155 Å². The van der Waals surface area contributed by atoms with Crippen molar-refractivity contribution in [2.24, 2.45) is 4.99 Å². The van der Waals surface area contributed by atoms with E-state index in [9.17, 15) is 4.79 Å². The average Bonchev–Trinajstić information content (AvgIpc) is 3.50. The van der Waals surface area contributed by atoms with Crippen molar-refractivity contribution < 1.29 is 29.2 Å². The van der Waals surface area contributed by atoms with Gasteiger partial charge in [-0.1, -0.05) is 19.3 Å². The standard InChI is InChI=1S/C23H33N5O4.C3H8O2.CHN/c1-27(2)16-25-22-20-12-11-19(28(20)26-15-24-22)21-13-10-18(31-21)14-30-23(29)32-17-8-6-4-3-5-7-9-17;1-3(2,4)5;1-2/h11-12,15-18,21H,3-10,13-14H2,1-2H3;4-5H,1-2H3;1H. The molecule has 2 atom stereocenters. The fraction of sp³-hybridized carbons (Fsp3) is 0.667. The quantitative estimate of drug-likeness (QED) is 0.232. The number of carbonyl (C=O) groups is 1. The van der Waals surface area contributed by atoms with E-state index in [1.165, 1.54) is 39.4 Å². The van der Waals surface area contributed by atoms with E-state index < -0.39 is 11.9 Å². The van der Waals surface area contributed by atoms with Crippen molar-refractivity contribution >= 4 is 23.8 Å². The van der Waals surface area contributed by atoms with Crippen LogP contribution < -0.4 is 0 Å². The molecule has 12 heteroatoms. The second kappa shape index (κ2) is 16.0. The van der Waals surface area contributed by atoms with Gasteiger partial charge in [0.2, 0.25) is 0 Å². The third kappa shape index (κ3) is 11.6. The van der Waals surface area contributed by atoms with Crippen LogP contribution in [0.3, 0.4) is 0 Å². The van der Waals surface area contributed by atoms with E-state index in [0.717, 1.165) is 49.7 Å². The zero-order valence-electron chi connectivity index (χ0n) is 23.4. The van der Waals surface area contributed by atoms with E-state index >= 15 is 0 Å². The van der Waals surface area contributed by atoms with Crippen molar-refractivity contribution in [2.45, 2.75) is 95.7 Å². The summed E-state index contributed by atoms with van der Waals surface area (Å²) >= 11 is 0. The van der Waals surface area contributed by atoms with Gasteiger partial charge in [-0.05, 0) is 64.5 Å². The van der Waals surface area contributed by atoms with E-state index in [-0.39, 0.29) is 24.9 Å². The summed E-state index contributed by atoms with van der Waals surface area (Å²) in [5, 5.41) is 27.0. The van der Waals surface area contributed by atoms with E-state index in [2.05, 4.69) is 21.6 Å². The van der Waals surface area contributed by atoms with Gasteiger partial charge < -0.3 is 29.3 Å². The molecule has 0 radical (unpaired) electrons. The Morgan fingerprint density at radius 2 is 1.82 bits per heavy atom. The minimum Gasteiger partial charge on any atom is -0.432 e. The third-order valence-electron chi connectivity index (χ3n) is 6.01. The van der Waals surface area contributed by atoms with Gasteiger partial charge in [-0.25, -0.2) is 24.5 Å². The molecule has 1 aliphatic heterocycles. The van der Waals surface area contributed by atoms with Crippen LogP contribution in [-0.2, 0) is 14.2 Å². The van der Waals surface area contributed by atoms with Crippen LogP contribution in [-0.4, -0.2) is 80.9 Å². The second-order valence-electron chi connectivity index (χ2n) is 10.3. The van der Waals surface area contributed by atoms with Crippen LogP contribution in [0, 0.1) is 11.8 Å². The predicted octanol–water partition coefficient (Wildman–Crippen LogP) is 4.28. The van der Waals surface area contributed by atoms with E-state index in [1.54, 1.807) is 6.34 Å². The van der Waals surface area contributed by atoms with Gasteiger partial charge in [0.05, 0.1) is 18.1 Å². The Hall–Kier alpha value is -3.27. The first-order chi connectivity index (χ1) is 18.6. The van der Waals surface area contributed by atoms with Gasteiger partial charge in [0.25, 0.3) is 0 Å². The smallest absolute Gasteiger partial charge is 0.432 e. The maximum absolute atomic E-state index is 12.2. The third-order valence-corrected chi connectivity index (χ3v) is 6.01.